The third kappa shape index (κ3) is 4.51. The molecule has 1 N–H and O–H groups in total. The van der Waals surface area contributed by atoms with E-state index in [0.717, 1.165) is 66.6 Å². The van der Waals surface area contributed by atoms with Crippen molar-refractivity contribution in [3.63, 3.8) is 0 Å². The molecule has 0 bridgehead atoms. The number of esters is 1. The molecule has 4 aromatic carbocycles. The predicted octanol–water partition coefficient (Wildman–Crippen LogP) is 8.87. The maximum atomic E-state index is 13.4. The second-order valence-electron chi connectivity index (χ2n) is 11.8. The Bertz CT molecular complexity index is 1710. The number of ether oxygens (including phenoxy) is 2. The standard InChI is InChI=1S/C35H31F3N2O3/c1-33(18-7-2-8-19-33)40(22-39-24-11-9-10-23(20-24)35(36,37)38)25-16-17-29-31(21-25)42-30-15-6-5-14-28(30)34(29)27-13-4-3-12-26(27)32(41)43-34/h3-6,9-17,20-21,39H,2,7-8,18-19,22H2,1H3. The minimum Gasteiger partial charge on any atom is -0.456 e. The number of carbonyl (C=O) groups is 1. The van der Waals surface area contributed by atoms with Crippen LogP contribution in [0, 0.1) is 0 Å². The van der Waals surface area contributed by atoms with Gasteiger partial charge in [0.05, 0.1) is 17.8 Å². The molecule has 1 atom stereocenters. The maximum absolute atomic E-state index is 13.4. The normalized spacial score (nSPS) is 20.0. The number of carbonyl (C=O) groups excluding carboxylic acids is 1. The van der Waals surface area contributed by atoms with E-state index in [4.69, 9.17) is 9.47 Å². The first-order chi connectivity index (χ1) is 20.7. The molecular formula is C35H31F3N2O3. The average Bonchev–Trinajstić information content (AvgIpc) is 3.30. The van der Waals surface area contributed by atoms with Crippen LogP contribution in [0.25, 0.3) is 0 Å². The Morgan fingerprint density at radius 2 is 1.53 bits per heavy atom. The second kappa shape index (κ2) is 10.1. The van der Waals surface area contributed by atoms with Gasteiger partial charge in [0.15, 0.2) is 5.60 Å². The maximum Gasteiger partial charge on any atom is 0.416 e. The van der Waals surface area contributed by atoms with Gasteiger partial charge in [-0.05, 0) is 62.2 Å². The van der Waals surface area contributed by atoms with Crippen molar-refractivity contribution in [3.05, 3.63) is 119 Å². The number of fused-ring (bicyclic) bond motifs is 6. The molecule has 220 valence electrons. The van der Waals surface area contributed by atoms with Crippen LogP contribution < -0.4 is 15.0 Å². The van der Waals surface area contributed by atoms with Gasteiger partial charge >= 0.3 is 12.1 Å². The van der Waals surface area contributed by atoms with Gasteiger partial charge in [0.2, 0.25) is 0 Å². The number of anilines is 2. The molecule has 0 radical (unpaired) electrons. The third-order valence-electron chi connectivity index (χ3n) is 9.13. The van der Waals surface area contributed by atoms with E-state index in [-0.39, 0.29) is 11.5 Å². The first kappa shape index (κ1) is 27.4. The molecule has 2 heterocycles. The molecule has 0 saturated heterocycles. The summed E-state index contributed by atoms with van der Waals surface area (Å²) in [5.41, 5.74) is 1.99. The summed E-state index contributed by atoms with van der Waals surface area (Å²) in [5.74, 6) is 0.794. The zero-order valence-corrected chi connectivity index (χ0v) is 23.7. The number of nitrogens with one attached hydrogen (secondary N) is 1. The molecule has 5 nitrogen and oxygen atoms in total. The lowest BCUT2D eigenvalue weighted by Crippen LogP contribution is -2.50. The number of nitrogens with zero attached hydrogens (tertiary/aromatic N) is 1. The summed E-state index contributed by atoms with van der Waals surface area (Å²) in [6.07, 6.45) is 0.779. The van der Waals surface area contributed by atoms with Crippen molar-refractivity contribution in [1.82, 2.24) is 0 Å². The Kier molecular flexibility index (Phi) is 6.41. The van der Waals surface area contributed by atoms with Crippen LogP contribution >= 0.6 is 0 Å². The molecule has 1 saturated carbocycles. The molecule has 0 amide bonds. The number of rotatable bonds is 5. The molecule has 4 aromatic rings. The summed E-state index contributed by atoms with van der Waals surface area (Å²) in [6, 6.07) is 26.2. The molecule has 1 fully saturated rings. The van der Waals surface area contributed by atoms with Crippen molar-refractivity contribution < 1.29 is 27.4 Å². The summed E-state index contributed by atoms with van der Waals surface area (Å²) in [5, 5.41) is 3.26. The highest BCUT2D eigenvalue weighted by Crippen LogP contribution is 2.56. The van der Waals surface area contributed by atoms with E-state index in [9.17, 15) is 18.0 Å². The molecule has 1 aliphatic carbocycles. The Morgan fingerprint density at radius 3 is 2.33 bits per heavy atom. The van der Waals surface area contributed by atoms with E-state index >= 15 is 0 Å². The van der Waals surface area contributed by atoms with E-state index in [1.807, 2.05) is 60.7 Å². The lowest BCUT2D eigenvalue weighted by atomic mass is 9.77. The quantitative estimate of drug-likeness (QED) is 0.188. The van der Waals surface area contributed by atoms with Crippen molar-refractivity contribution in [2.75, 3.05) is 16.9 Å². The zero-order chi connectivity index (χ0) is 29.8. The number of alkyl halides is 3. The largest absolute Gasteiger partial charge is 0.456 e. The average molecular weight is 585 g/mol. The number of hydrogen-bond acceptors (Lipinski definition) is 5. The van der Waals surface area contributed by atoms with Crippen molar-refractivity contribution in [2.24, 2.45) is 0 Å². The number of hydrogen-bond donors (Lipinski definition) is 1. The molecule has 43 heavy (non-hydrogen) atoms. The third-order valence-corrected chi connectivity index (χ3v) is 9.13. The summed E-state index contributed by atoms with van der Waals surface area (Å²) in [6.45, 7) is 2.52. The number of benzene rings is 4. The van der Waals surface area contributed by atoms with Crippen LogP contribution in [0.2, 0.25) is 0 Å². The summed E-state index contributed by atoms with van der Waals surface area (Å²) < 4.78 is 53.0. The van der Waals surface area contributed by atoms with Crippen LogP contribution in [0.4, 0.5) is 24.5 Å². The van der Waals surface area contributed by atoms with Gasteiger partial charge in [0, 0.05) is 39.7 Å². The molecule has 1 unspecified atom stereocenters. The Hall–Kier alpha value is -4.46. The van der Waals surface area contributed by atoms with Crippen LogP contribution in [0.1, 0.15) is 71.6 Å². The molecule has 1 spiro atoms. The van der Waals surface area contributed by atoms with E-state index in [1.165, 1.54) is 6.07 Å². The van der Waals surface area contributed by atoms with Crippen LogP contribution in [-0.4, -0.2) is 18.2 Å². The van der Waals surface area contributed by atoms with Crippen LogP contribution in [0.5, 0.6) is 11.5 Å². The molecule has 2 aliphatic heterocycles. The smallest absolute Gasteiger partial charge is 0.416 e. The Balaban J connectivity index is 1.31. The van der Waals surface area contributed by atoms with Gasteiger partial charge in [-0.1, -0.05) is 61.7 Å². The molecule has 3 aliphatic rings. The zero-order valence-electron chi connectivity index (χ0n) is 23.7. The Labute approximate surface area is 248 Å². The second-order valence-corrected chi connectivity index (χ2v) is 11.8. The van der Waals surface area contributed by atoms with Crippen molar-refractivity contribution in [2.45, 2.75) is 56.3 Å². The van der Waals surface area contributed by atoms with Gasteiger partial charge in [-0.2, -0.15) is 13.2 Å². The van der Waals surface area contributed by atoms with E-state index in [2.05, 4.69) is 17.1 Å². The van der Waals surface area contributed by atoms with Crippen LogP contribution in [0.15, 0.2) is 91.0 Å². The first-order valence-corrected chi connectivity index (χ1v) is 14.6. The molecular weight excluding hydrogens is 553 g/mol. The van der Waals surface area contributed by atoms with Gasteiger partial charge in [-0.3, -0.25) is 0 Å². The van der Waals surface area contributed by atoms with Crippen molar-refractivity contribution in [3.8, 4) is 11.5 Å². The number of halogens is 3. The predicted molar refractivity (Wildman–Crippen MR) is 159 cm³/mol. The number of para-hydroxylation sites is 1. The fourth-order valence-electron chi connectivity index (χ4n) is 6.93. The minimum absolute atomic E-state index is 0.224. The minimum atomic E-state index is -4.42. The molecule has 0 aromatic heterocycles. The highest BCUT2D eigenvalue weighted by atomic mass is 19.4. The van der Waals surface area contributed by atoms with Crippen LogP contribution in [-0.2, 0) is 16.5 Å². The molecule has 8 heteroatoms. The SMILES string of the molecule is CC1(N(CNc2cccc(C(F)(F)F)c2)c2ccc3c(c2)Oc2ccccc2C32OC(=O)c3ccccc32)CCCCC1. The highest BCUT2D eigenvalue weighted by molar-refractivity contribution is 5.97. The van der Waals surface area contributed by atoms with Gasteiger partial charge < -0.3 is 19.7 Å². The first-order valence-electron chi connectivity index (χ1n) is 14.6. The fraction of sp³-hybridized carbons (Fsp3) is 0.286. The lowest BCUT2D eigenvalue weighted by molar-refractivity contribution is -0.137. The van der Waals surface area contributed by atoms with Crippen molar-refractivity contribution >= 4 is 17.3 Å². The summed E-state index contributed by atoms with van der Waals surface area (Å²) in [4.78, 5) is 15.4. The van der Waals surface area contributed by atoms with Gasteiger partial charge in [0.1, 0.15) is 11.5 Å². The summed E-state index contributed by atoms with van der Waals surface area (Å²) in [7, 11) is 0. The Morgan fingerprint density at radius 1 is 0.814 bits per heavy atom. The van der Waals surface area contributed by atoms with Crippen LogP contribution in [0.3, 0.4) is 0 Å². The van der Waals surface area contributed by atoms with E-state index in [0.29, 0.717) is 29.4 Å². The topological polar surface area (TPSA) is 50.8 Å². The van der Waals surface area contributed by atoms with Gasteiger partial charge in [-0.15, -0.1) is 0 Å². The lowest BCUT2D eigenvalue weighted by Gasteiger charge is -2.46. The van der Waals surface area contributed by atoms with Crippen molar-refractivity contribution in [1.29, 1.82) is 0 Å². The fourth-order valence-corrected chi connectivity index (χ4v) is 6.93. The summed E-state index contributed by atoms with van der Waals surface area (Å²) >= 11 is 0. The highest BCUT2D eigenvalue weighted by Gasteiger charge is 2.53. The van der Waals surface area contributed by atoms with E-state index in [1.54, 1.807) is 12.1 Å². The monoisotopic (exact) mass is 584 g/mol. The molecule has 7 rings (SSSR count). The van der Waals surface area contributed by atoms with Gasteiger partial charge in [-0.25, -0.2) is 4.79 Å². The van der Waals surface area contributed by atoms with Gasteiger partial charge in [0.25, 0.3) is 0 Å². The van der Waals surface area contributed by atoms with E-state index < -0.39 is 17.3 Å².